The highest BCUT2D eigenvalue weighted by Crippen LogP contribution is 2.09. The van der Waals surface area contributed by atoms with E-state index in [9.17, 15) is 9.59 Å². The number of anilines is 2. The Morgan fingerprint density at radius 2 is 1.32 bits per heavy atom. The number of carbonyl (C=O) groups is 2. The van der Waals surface area contributed by atoms with Crippen LogP contribution in [0.5, 0.6) is 0 Å². The lowest BCUT2D eigenvalue weighted by atomic mass is 10.1. The van der Waals surface area contributed by atoms with Gasteiger partial charge in [0.2, 0.25) is 0 Å². The Morgan fingerprint density at radius 1 is 0.840 bits per heavy atom. The van der Waals surface area contributed by atoms with E-state index in [1.807, 2.05) is 43.3 Å². The Kier molecular flexibility index (Phi) is 7.31. The summed E-state index contributed by atoms with van der Waals surface area (Å²) in [4.78, 5) is 23.3. The predicted octanol–water partition coefficient (Wildman–Crippen LogP) is 4.51. The summed E-state index contributed by atoms with van der Waals surface area (Å²) in [5, 5.41) is 5.28. The molecule has 0 aliphatic heterocycles. The van der Waals surface area contributed by atoms with Crippen LogP contribution in [0.25, 0.3) is 0 Å². The highest BCUT2D eigenvalue weighted by molar-refractivity contribution is 5.84. The fraction of sp³-hybridized carbons (Fsp3) is 0.263. The van der Waals surface area contributed by atoms with E-state index in [4.69, 9.17) is 9.47 Å². The average molecular weight is 342 g/mol. The van der Waals surface area contributed by atoms with Crippen molar-refractivity contribution in [1.29, 1.82) is 0 Å². The Morgan fingerprint density at radius 3 is 1.84 bits per heavy atom. The van der Waals surface area contributed by atoms with E-state index in [1.165, 1.54) is 0 Å². The van der Waals surface area contributed by atoms with Crippen molar-refractivity contribution < 1.29 is 19.1 Å². The maximum atomic E-state index is 11.7. The minimum Gasteiger partial charge on any atom is -0.449 e. The summed E-state index contributed by atoms with van der Waals surface area (Å²) >= 11 is 0. The quantitative estimate of drug-likeness (QED) is 0.776. The van der Waals surface area contributed by atoms with Gasteiger partial charge in [-0.2, -0.15) is 0 Å². The van der Waals surface area contributed by atoms with E-state index in [1.54, 1.807) is 24.3 Å². The largest absolute Gasteiger partial charge is 0.449 e. The molecule has 2 aromatic rings. The van der Waals surface area contributed by atoms with Crippen LogP contribution < -0.4 is 10.6 Å². The van der Waals surface area contributed by atoms with Crippen molar-refractivity contribution in [1.82, 2.24) is 0 Å². The normalized spacial score (nSPS) is 11.2. The van der Waals surface area contributed by atoms with Crippen LogP contribution in [-0.2, 0) is 9.47 Å². The fourth-order valence-electron chi connectivity index (χ4n) is 2.00. The number of carbonyl (C=O) groups excluding carboxylic acids is 2. The van der Waals surface area contributed by atoms with Crippen molar-refractivity contribution in [2.75, 3.05) is 23.8 Å². The van der Waals surface area contributed by atoms with Crippen molar-refractivity contribution in [3.8, 4) is 0 Å². The first-order valence-electron chi connectivity index (χ1n) is 8.11. The van der Waals surface area contributed by atoms with Crippen molar-refractivity contribution in [3.63, 3.8) is 0 Å². The molecule has 0 bridgehead atoms. The van der Waals surface area contributed by atoms with Crippen LogP contribution in [0.1, 0.15) is 13.3 Å². The summed E-state index contributed by atoms with van der Waals surface area (Å²) in [7, 11) is 0. The molecule has 0 fully saturated rings. The third-order valence-corrected chi connectivity index (χ3v) is 3.38. The van der Waals surface area contributed by atoms with Crippen LogP contribution in [0.3, 0.4) is 0 Å². The average Bonchev–Trinajstić information content (AvgIpc) is 2.62. The lowest BCUT2D eigenvalue weighted by Gasteiger charge is -2.13. The molecule has 2 rings (SSSR count). The Balaban J connectivity index is 1.58. The smallest absolute Gasteiger partial charge is 0.411 e. The van der Waals surface area contributed by atoms with Gasteiger partial charge in [-0.05, 0) is 36.6 Å². The number of ether oxygens (including phenoxy) is 2. The maximum Gasteiger partial charge on any atom is 0.411 e. The zero-order valence-electron chi connectivity index (χ0n) is 14.1. The van der Waals surface area contributed by atoms with Crippen molar-refractivity contribution in [2.24, 2.45) is 5.92 Å². The zero-order valence-corrected chi connectivity index (χ0v) is 14.1. The molecular formula is C19H22N2O4. The molecule has 2 amide bonds. The summed E-state index contributed by atoms with van der Waals surface area (Å²) in [5.74, 6) is 0.0750. The molecule has 6 heteroatoms. The van der Waals surface area contributed by atoms with Crippen LogP contribution in [0, 0.1) is 5.92 Å². The number of rotatable bonds is 7. The number of para-hydroxylation sites is 2. The number of nitrogens with one attached hydrogen (secondary N) is 2. The van der Waals surface area contributed by atoms with Gasteiger partial charge in [0.05, 0.1) is 13.2 Å². The highest BCUT2D eigenvalue weighted by Gasteiger charge is 2.09. The second kappa shape index (κ2) is 9.97. The number of hydrogen-bond acceptors (Lipinski definition) is 4. The molecule has 0 heterocycles. The monoisotopic (exact) mass is 342 g/mol. The third kappa shape index (κ3) is 7.39. The second-order valence-electron chi connectivity index (χ2n) is 5.61. The van der Waals surface area contributed by atoms with E-state index in [-0.39, 0.29) is 19.1 Å². The first-order chi connectivity index (χ1) is 12.1. The van der Waals surface area contributed by atoms with Crippen LogP contribution in [-0.4, -0.2) is 25.4 Å². The first kappa shape index (κ1) is 18.3. The molecule has 2 aromatic carbocycles. The van der Waals surface area contributed by atoms with Gasteiger partial charge in [-0.15, -0.1) is 0 Å². The molecule has 0 unspecified atom stereocenters. The molecule has 132 valence electrons. The molecule has 0 aliphatic carbocycles. The van der Waals surface area contributed by atoms with E-state index in [0.29, 0.717) is 17.8 Å². The predicted molar refractivity (Wildman–Crippen MR) is 96.6 cm³/mol. The molecule has 1 atom stereocenters. The number of amides is 2. The van der Waals surface area contributed by atoms with Gasteiger partial charge in [-0.25, -0.2) is 9.59 Å². The highest BCUT2D eigenvalue weighted by atomic mass is 16.6. The van der Waals surface area contributed by atoms with Gasteiger partial charge in [0.15, 0.2) is 0 Å². The van der Waals surface area contributed by atoms with E-state index in [0.717, 1.165) is 0 Å². The zero-order chi connectivity index (χ0) is 17.9. The van der Waals surface area contributed by atoms with Gasteiger partial charge >= 0.3 is 12.2 Å². The van der Waals surface area contributed by atoms with Crippen LogP contribution in [0.15, 0.2) is 60.7 Å². The summed E-state index contributed by atoms with van der Waals surface area (Å²) in [5.41, 5.74) is 1.36. The van der Waals surface area contributed by atoms with Crippen LogP contribution in [0.4, 0.5) is 21.0 Å². The lowest BCUT2D eigenvalue weighted by Crippen LogP contribution is -2.20. The lowest BCUT2D eigenvalue weighted by molar-refractivity contribution is 0.124. The molecule has 0 spiro atoms. The third-order valence-electron chi connectivity index (χ3n) is 3.38. The summed E-state index contributed by atoms with van der Waals surface area (Å²) in [6, 6.07) is 18.2. The van der Waals surface area contributed by atoms with E-state index >= 15 is 0 Å². The molecule has 2 N–H and O–H groups in total. The first-order valence-corrected chi connectivity index (χ1v) is 8.11. The molecule has 6 nitrogen and oxygen atoms in total. The maximum absolute atomic E-state index is 11.7. The van der Waals surface area contributed by atoms with Gasteiger partial charge < -0.3 is 9.47 Å². The van der Waals surface area contributed by atoms with Crippen molar-refractivity contribution >= 4 is 23.6 Å². The topological polar surface area (TPSA) is 76.7 Å². The Labute approximate surface area is 147 Å². The summed E-state index contributed by atoms with van der Waals surface area (Å²) < 4.78 is 10.3. The van der Waals surface area contributed by atoms with Gasteiger partial charge in [0.25, 0.3) is 0 Å². The molecule has 0 radical (unpaired) electrons. The van der Waals surface area contributed by atoms with Gasteiger partial charge in [-0.1, -0.05) is 43.3 Å². The van der Waals surface area contributed by atoms with E-state index < -0.39 is 12.2 Å². The summed E-state index contributed by atoms with van der Waals surface area (Å²) in [6.07, 6.45) is -0.400. The van der Waals surface area contributed by atoms with Gasteiger partial charge in [0, 0.05) is 11.4 Å². The van der Waals surface area contributed by atoms with Crippen LogP contribution >= 0.6 is 0 Å². The fourth-order valence-corrected chi connectivity index (χ4v) is 2.00. The van der Waals surface area contributed by atoms with Crippen molar-refractivity contribution in [2.45, 2.75) is 13.3 Å². The summed E-state index contributed by atoms with van der Waals surface area (Å²) in [6.45, 7) is 2.43. The molecule has 0 saturated heterocycles. The molecule has 0 saturated carbocycles. The molecular weight excluding hydrogens is 320 g/mol. The van der Waals surface area contributed by atoms with Crippen molar-refractivity contribution in [3.05, 3.63) is 60.7 Å². The minimum atomic E-state index is -0.499. The number of hydrogen-bond donors (Lipinski definition) is 2. The van der Waals surface area contributed by atoms with Crippen LogP contribution in [0.2, 0.25) is 0 Å². The number of benzene rings is 2. The van der Waals surface area contributed by atoms with Gasteiger partial charge in [-0.3, -0.25) is 10.6 Å². The second-order valence-corrected chi connectivity index (χ2v) is 5.61. The molecule has 25 heavy (non-hydrogen) atoms. The Bertz CT molecular complexity index is 662. The molecule has 0 aromatic heterocycles. The Hall–Kier alpha value is -3.02. The van der Waals surface area contributed by atoms with Gasteiger partial charge in [0.1, 0.15) is 0 Å². The minimum absolute atomic E-state index is 0.0750. The SMILES string of the molecule is C[C@H](CCOC(=O)Nc1ccccc1)COC(=O)Nc1ccccc1. The van der Waals surface area contributed by atoms with E-state index in [2.05, 4.69) is 10.6 Å². The molecule has 0 aliphatic rings. The standard InChI is InChI=1S/C19H22N2O4/c1-15(14-25-19(23)21-17-10-6-3-7-11-17)12-13-24-18(22)20-16-8-4-2-5-9-16/h2-11,15H,12-14H2,1H3,(H,20,22)(H,21,23)/t15-/m1/s1.